The predicted molar refractivity (Wildman–Crippen MR) is 105 cm³/mol. The molecule has 0 fully saturated rings. The van der Waals surface area contributed by atoms with E-state index in [4.69, 9.17) is 0 Å². The van der Waals surface area contributed by atoms with Crippen LogP contribution in [0.2, 0.25) is 0 Å². The number of halogens is 3. The summed E-state index contributed by atoms with van der Waals surface area (Å²) in [5.41, 5.74) is 0.533. The molecule has 30 heavy (non-hydrogen) atoms. The molecule has 1 aromatic heterocycles. The fourth-order valence-electron chi connectivity index (χ4n) is 3.00. The standard InChI is InChI=1S/C22H19F3N2O3/c1-26(15-17-10-5-6-12-19(17)30-22(23,24)25)20(28)18-11-7-13-27(21(18)29)14-16-8-3-2-4-9-16/h2-13H,14-15H2,1H3. The topological polar surface area (TPSA) is 51.5 Å². The van der Waals surface area contributed by atoms with Gasteiger partial charge < -0.3 is 14.2 Å². The maximum Gasteiger partial charge on any atom is 0.573 e. The monoisotopic (exact) mass is 416 g/mol. The van der Waals surface area contributed by atoms with E-state index in [1.807, 2.05) is 30.3 Å². The molecule has 156 valence electrons. The first kappa shape index (κ1) is 21.2. The molecule has 8 heteroatoms. The summed E-state index contributed by atoms with van der Waals surface area (Å²) in [6.45, 7) is 0.144. The van der Waals surface area contributed by atoms with Gasteiger partial charge in [-0.25, -0.2) is 0 Å². The quantitative estimate of drug-likeness (QED) is 0.609. The number of pyridine rings is 1. The number of aromatic nitrogens is 1. The van der Waals surface area contributed by atoms with Crippen molar-refractivity contribution >= 4 is 5.91 Å². The molecule has 0 spiro atoms. The lowest BCUT2D eigenvalue weighted by Crippen LogP contribution is -2.34. The SMILES string of the molecule is CN(Cc1ccccc1OC(F)(F)F)C(=O)c1cccn(Cc2ccccc2)c1=O. The van der Waals surface area contributed by atoms with Crippen molar-refractivity contribution in [1.29, 1.82) is 0 Å². The van der Waals surface area contributed by atoms with Crippen molar-refractivity contribution in [1.82, 2.24) is 9.47 Å². The van der Waals surface area contributed by atoms with Crippen LogP contribution < -0.4 is 10.3 Å². The first-order chi connectivity index (χ1) is 14.2. The second-order valence-electron chi connectivity index (χ2n) is 6.66. The molecule has 0 aliphatic carbocycles. The van der Waals surface area contributed by atoms with Gasteiger partial charge in [0.15, 0.2) is 0 Å². The number of alkyl halides is 3. The molecule has 0 saturated heterocycles. The highest BCUT2D eigenvalue weighted by molar-refractivity contribution is 5.93. The van der Waals surface area contributed by atoms with E-state index in [-0.39, 0.29) is 23.4 Å². The Bertz CT molecular complexity index is 1080. The molecule has 5 nitrogen and oxygen atoms in total. The predicted octanol–water partition coefficient (Wildman–Crippen LogP) is 4.07. The van der Waals surface area contributed by atoms with E-state index in [2.05, 4.69) is 4.74 Å². The molecule has 0 bridgehead atoms. The van der Waals surface area contributed by atoms with Crippen LogP contribution in [0.4, 0.5) is 13.2 Å². The Labute approximate surface area is 170 Å². The van der Waals surface area contributed by atoms with Gasteiger partial charge in [0.25, 0.3) is 11.5 Å². The molecule has 0 radical (unpaired) electrons. The van der Waals surface area contributed by atoms with Gasteiger partial charge in [-0.2, -0.15) is 0 Å². The number of benzene rings is 2. The van der Waals surface area contributed by atoms with Crippen LogP contribution in [0.5, 0.6) is 5.75 Å². The minimum absolute atomic E-state index is 0.0647. The second kappa shape index (κ2) is 8.86. The summed E-state index contributed by atoms with van der Waals surface area (Å²) in [6.07, 6.45) is -3.26. The van der Waals surface area contributed by atoms with Crippen molar-refractivity contribution in [2.24, 2.45) is 0 Å². The number of nitrogens with zero attached hydrogens (tertiary/aromatic N) is 2. The molecule has 3 rings (SSSR count). The van der Waals surface area contributed by atoms with Gasteiger partial charge >= 0.3 is 6.36 Å². The van der Waals surface area contributed by atoms with Crippen molar-refractivity contribution in [3.05, 3.63) is 100.0 Å². The molecule has 0 unspecified atom stereocenters. The van der Waals surface area contributed by atoms with Crippen molar-refractivity contribution in [2.45, 2.75) is 19.5 Å². The van der Waals surface area contributed by atoms with Crippen LogP contribution in [-0.4, -0.2) is 28.8 Å². The Hall–Kier alpha value is -3.55. The van der Waals surface area contributed by atoms with Crippen molar-refractivity contribution in [3.8, 4) is 5.75 Å². The zero-order valence-electron chi connectivity index (χ0n) is 16.1. The highest BCUT2D eigenvalue weighted by Gasteiger charge is 2.32. The summed E-state index contributed by atoms with van der Waals surface area (Å²) in [5.74, 6) is -0.983. The maximum atomic E-state index is 12.8. The molecule has 0 aliphatic heterocycles. The van der Waals surface area contributed by atoms with Gasteiger partial charge in [0.2, 0.25) is 0 Å². The number of ether oxygens (including phenoxy) is 1. The third kappa shape index (κ3) is 5.28. The molecule has 0 atom stereocenters. The Balaban J connectivity index is 1.81. The molecule has 0 aliphatic rings. The molecule has 3 aromatic rings. The minimum atomic E-state index is -4.84. The summed E-state index contributed by atoms with van der Waals surface area (Å²) >= 11 is 0. The van der Waals surface area contributed by atoms with Gasteiger partial charge in [0, 0.05) is 25.4 Å². The maximum absolute atomic E-state index is 12.8. The number of rotatable bonds is 6. The van der Waals surface area contributed by atoms with E-state index in [9.17, 15) is 22.8 Å². The normalized spacial score (nSPS) is 11.2. The molecule has 0 N–H and O–H groups in total. The molecular weight excluding hydrogens is 397 g/mol. The Morgan fingerprint density at radius 3 is 2.37 bits per heavy atom. The lowest BCUT2D eigenvalue weighted by Gasteiger charge is -2.20. The zero-order chi connectivity index (χ0) is 21.7. The van der Waals surface area contributed by atoms with Gasteiger partial charge in [0.1, 0.15) is 11.3 Å². The molecule has 2 aromatic carbocycles. The minimum Gasteiger partial charge on any atom is -0.405 e. The fraction of sp³-hybridized carbons (Fsp3) is 0.182. The van der Waals surface area contributed by atoms with Crippen molar-refractivity contribution < 1.29 is 22.7 Å². The van der Waals surface area contributed by atoms with E-state index >= 15 is 0 Å². The van der Waals surface area contributed by atoms with E-state index in [0.717, 1.165) is 5.56 Å². The van der Waals surface area contributed by atoms with Gasteiger partial charge in [0.05, 0.1) is 6.54 Å². The van der Waals surface area contributed by atoms with E-state index in [0.29, 0.717) is 6.54 Å². The summed E-state index contributed by atoms with van der Waals surface area (Å²) in [4.78, 5) is 26.8. The van der Waals surface area contributed by atoms with E-state index < -0.39 is 17.8 Å². The fourth-order valence-corrected chi connectivity index (χ4v) is 3.00. The lowest BCUT2D eigenvalue weighted by atomic mass is 10.1. The molecule has 1 heterocycles. The number of hydrogen-bond donors (Lipinski definition) is 0. The smallest absolute Gasteiger partial charge is 0.405 e. The first-order valence-corrected chi connectivity index (χ1v) is 9.07. The van der Waals surface area contributed by atoms with Crippen LogP contribution in [0, 0.1) is 0 Å². The van der Waals surface area contributed by atoms with Crippen LogP contribution >= 0.6 is 0 Å². The van der Waals surface area contributed by atoms with Crippen LogP contribution in [-0.2, 0) is 13.1 Å². The van der Waals surface area contributed by atoms with Crippen LogP contribution in [0.15, 0.2) is 77.7 Å². The van der Waals surface area contributed by atoms with Crippen molar-refractivity contribution in [3.63, 3.8) is 0 Å². The van der Waals surface area contributed by atoms with Crippen molar-refractivity contribution in [2.75, 3.05) is 7.05 Å². The molecule has 0 saturated carbocycles. The number of para-hydroxylation sites is 1. The molecule has 1 amide bonds. The molecular formula is C22H19F3N2O3. The number of carbonyl (C=O) groups is 1. The van der Waals surface area contributed by atoms with Gasteiger partial charge in [-0.3, -0.25) is 9.59 Å². The van der Waals surface area contributed by atoms with E-state index in [1.54, 1.807) is 18.3 Å². The largest absolute Gasteiger partial charge is 0.573 e. The summed E-state index contributed by atoms with van der Waals surface area (Å²) in [5, 5.41) is 0. The Morgan fingerprint density at radius 1 is 1.00 bits per heavy atom. The van der Waals surface area contributed by atoms with Gasteiger partial charge in [-0.15, -0.1) is 13.2 Å². The number of carbonyl (C=O) groups excluding carboxylic acids is 1. The number of amides is 1. The van der Waals surface area contributed by atoms with Gasteiger partial charge in [-0.05, 0) is 23.8 Å². The Morgan fingerprint density at radius 2 is 1.67 bits per heavy atom. The lowest BCUT2D eigenvalue weighted by molar-refractivity contribution is -0.275. The van der Waals surface area contributed by atoms with Crippen LogP contribution in [0.25, 0.3) is 0 Å². The van der Waals surface area contributed by atoms with Gasteiger partial charge in [-0.1, -0.05) is 48.5 Å². The second-order valence-corrected chi connectivity index (χ2v) is 6.66. The average molecular weight is 416 g/mol. The average Bonchev–Trinajstić information content (AvgIpc) is 2.70. The Kier molecular flexibility index (Phi) is 6.25. The summed E-state index contributed by atoms with van der Waals surface area (Å²) < 4.78 is 43.3. The number of hydrogen-bond acceptors (Lipinski definition) is 3. The first-order valence-electron chi connectivity index (χ1n) is 9.07. The summed E-state index contributed by atoms with van der Waals surface area (Å²) in [7, 11) is 1.42. The summed E-state index contributed by atoms with van der Waals surface area (Å²) in [6, 6.07) is 17.9. The zero-order valence-corrected chi connectivity index (χ0v) is 16.1. The van der Waals surface area contributed by atoms with Crippen LogP contribution in [0.1, 0.15) is 21.5 Å². The third-order valence-electron chi connectivity index (χ3n) is 4.40. The highest BCUT2D eigenvalue weighted by atomic mass is 19.4. The highest BCUT2D eigenvalue weighted by Crippen LogP contribution is 2.27. The third-order valence-corrected chi connectivity index (χ3v) is 4.40. The van der Waals surface area contributed by atoms with Crippen LogP contribution in [0.3, 0.4) is 0 Å². The van der Waals surface area contributed by atoms with E-state index in [1.165, 1.54) is 40.8 Å².